The minimum atomic E-state index is -0.643. The van der Waals surface area contributed by atoms with Crippen LogP contribution in [-0.4, -0.2) is 10.1 Å². The molecule has 2 nitrogen and oxygen atoms in total. The van der Waals surface area contributed by atoms with Crippen molar-refractivity contribution in [2.24, 2.45) is 5.41 Å². The van der Waals surface area contributed by atoms with Crippen LogP contribution in [-0.2, 0) is 5.60 Å². The van der Waals surface area contributed by atoms with E-state index < -0.39 is 5.60 Å². The molecule has 0 spiro atoms. The third-order valence-electron chi connectivity index (χ3n) is 3.38. The highest BCUT2D eigenvalue weighted by molar-refractivity contribution is 9.10. The van der Waals surface area contributed by atoms with Crippen LogP contribution >= 0.6 is 27.3 Å². The van der Waals surface area contributed by atoms with E-state index in [1.54, 1.807) is 16.8 Å². The van der Waals surface area contributed by atoms with Crippen LogP contribution in [0.2, 0.25) is 0 Å². The fraction of sp³-hybridized carbons (Fsp3) is 0.727. The Morgan fingerprint density at radius 2 is 1.93 bits per heavy atom. The van der Waals surface area contributed by atoms with Gasteiger partial charge < -0.3 is 5.11 Å². The Balaban J connectivity index is 2.20. The van der Waals surface area contributed by atoms with Gasteiger partial charge in [-0.3, -0.25) is 0 Å². The Morgan fingerprint density at radius 1 is 1.33 bits per heavy atom. The van der Waals surface area contributed by atoms with Gasteiger partial charge in [0.05, 0.1) is 10.4 Å². The molecule has 1 aromatic rings. The monoisotopic (exact) mass is 289 g/mol. The van der Waals surface area contributed by atoms with Gasteiger partial charge in [-0.05, 0) is 47.0 Å². The molecule has 0 aliphatic heterocycles. The Hall–Kier alpha value is 0.0700. The summed E-state index contributed by atoms with van der Waals surface area (Å²) in [4.78, 5) is 5.15. The maximum Gasteiger partial charge on any atom is 0.123 e. The van der Waals surface area contributed by atoms with Crippen molar-refractivity contribution in [1.82, 2.24) is 4.98 Å². The smallest absolute Gasteiger partial charge is 0.123 e. The molecule has 1 fully saturated rings. The highest BCUT2D eigenvalue weighted by atomic mass is 79.9. The molecule has 15 heavy (non-hydrogen) atoms. The number of hydrogen-bond acceptors (Lipinski definition) is 3. The zero-order valence-electron chi connectivity index (χ0n) is 9.09. The average Bonchev–Trinajstić information content (AvgIpc) is 2.58. The summed E-state index contributed by atoms with van der Waals surface area (Å²) in [6.07, 6.45) is 3.85. The van der Waals surface area contributed by atoms with Crippen LogP contribution in [0.25, 0.3) is 0 Å². The Morgan fingerprint density at radius 3 is 2.40 bits per heavy atom. The Bertz CT molecular complexity index is 351. The third-order valence-corrected chi connectivity index (χ3v) is 5.26. The molecule has 1 N–H and O–H groups in total. The number of rotatable bonds is 1. The van der Waals surface area contributed by atoms with E-state index in [4.69, 9.17) is 0 Å². The van der Waals surface area contributed by atoms with Crippen LogP contribution in [0, 0.1) is 5.41 Å². The summed E-state index contributed by atoms with van der Waals surface area (Å²) in [6.45, 7) is 4.54. The maximum atomic E-state index is 10.6. The van der Waals surface area contributed by atoms with Crippen LogP contribution in [0.1, 0.15) is 44.4 Å². The molecule has 0 unspecified atom stereocenters. The lowest BCUT2D eigenvalue weighted by atomic mass is 9.70. The Kier molecular flexibility index (Phi) is 2.95. The van der Waals surface area contributed by atoms with Crippen molar-refractivity contribution in [1.29, 1.82) is 0 Å². The van der Waals surface area contributed by atoms with Crippen molar-refractivity contribution < 1.29 is 5.11 Å². The van der Waals surface area contributed by atoms with Gasteiger partial charge in [-0.2, -0.15) is 0 Å². The Labute approximate surface area is 103 Å². The molecular formula is C11H16BrNOS. The summed E-state index contributed by atoms with van der Waals surface area (Å²) in [5, 5.41) is 10.6. The van der Waals surface area contributed by atoms with Crippen LogP contribution in [0.5, 0.6) is 0 Å². The van der Waals surface area contributed by atoms with Gasteiger partial charge in [0.15, 0.2) is 0 Å². The molecule has 1 aromatic heterocycles. The van der Waals surface area contributed by atoms with Gasteiger partial charge in [0, 0.05) is 0 Å². The van der Waals surface area contributed by atoms with Crippen molar-refractivity contribution in [3.05, 3.63) is 15.0 Å². The lowest BCUT2D eigenvalue weighted by molar-refractivity contribution is -0.0283. The summed E-state index contributed by atoms with van der Waals surface area (Å²) in [7, 11) is 0. The third kappa shape index (κ3) is 2.27. The van der Waals surface area contributed by atoms with E-state index >= 15 is 0 Å². The van der Waals surface area contributed by atoms with E-state index in [1.165, 1.54) is 0 Å². The van der Waals surface area contributed by atoms with Crippen LogP contribution < -0.4 is 0 Å². The summed E-state index contributed by atoms with van der Waals surface area (Å²) < 4.78 is 0.815. The lowest BCUT2D eigenvalue weighted by Crippen LogP contribution is -2.34. The van der Waals surface area contributed by atoms with E-state index in [0.717, 1.165) is 35.2 Å². The van der Waals surface area contributed by atoms with Gasteiger partial charge in [-0.1, -0.05) is 13.8 Å². The van der Waals surface area contributed by atoms with Gasteiger partial charge in [-0.25, -0.2) is 4.98 Å². The van der Waals surface area contributed by atoms with Crippen LogP contribution in [0.4, 0.5) is 0 Å². The molecule has 1 aliphatic carbocycles. The summed E-state index contributed by atoms with van der Waals surface area (Å²) in [5.41, 5.74) is 1.52. The zero-order chi connectivity index (χ0) is 11.1. The highest BCUT2D eigenvalue weighted by Crippen LogP contribution is 2.47. The molecule has 1 saturated carbocycles. The normalized spacial score (nSPS) is 24.0. The summed E-state index contributed by atoms with van der Waals surface area (Å²) in [5.74, 6) is 0. The highest BCUT2D eigenvalue weighted by Gasteiger charge is 2.40. The number of nitrogens with zero attached hydrogens (tertiary/aromatic N) is 1. The number of hydrogen-bond donors (Lipinski definition) is 1. The number of halogens is 1. The maximum absolute atomic E-state index is 10.6. The van der Waals surface area contributed by atoms with Gasteiger partial charge in [-0.15, -0.1) is 11.3 Å². The fourth-order valence-corrected chi connectivity index (χ4v) is 3.83. The predicted molar refractivity (Wildman–Crippen MR) is 66.0 cm³/mol. The topological polar surface area (TPSA) is 33.1 Å². The van der Waals surface area contributed by atoms with Crippen molar-refractivity contribution >= 4 is 27.3 Å². The first kappa shape index (κ1) is 11.6. The summed E-state index contributed by atoms with van der Waals surface area (Å²) in [6, 6.07) is 0. The van der Waals surface area contributed by atoms with Crippen molar-refractivity contribution in [3.63, 3.8) is 0 Å². The van der Waals surface area contributed by atoms with Crippen LogP contribution in [0.3, 0.4) is 0 Å². The molecule has 0 atom stereocenters. The zero-order valence-corrected chi connectivity index (χ0v) is 11.5. The first-order chi connectivity index (χ1) is 6.93. The molecule has 4 heteroatoms. The fourth-order valence-electron chi connectivity index (χ4n) is 2.10. The van der Waals surface area contributed by atoms with E-state index in [9.17, 15) is 5.11 Å². The molecule has 1 heterocycles. The number of aromatic nitrogens is 1. The van der Waals surface area contributed by atoms with E-state index in [1.807, 2.05) is 0 Å². The molecule has 0 bridgehead atoms. The molecule has 0 radical (unpaired) electrons. The predicted octanol–water partition coefficient (Wildman–Crippen LogP) is 3.69. The van der Waals surface area contributed by atoms with Gasteiger partial charge >= 0.3 is 0 Å². The van der Waals surface area contributed by atoms with E-state index in [2.05, 4.69) is 34.8 Å². The largest absolute Gasteiger partial charge is 0.384 e. The molecule has 0 saturated heterocycles. The molecule has 1 aliphatic rings. The van der Waals surface area contributed by atoms with E-state index in [0.29, 0.717) is 5.41 Å². The van der Waals surface area contributed by atoms with Crippen molar-refractivity contribution in [2.45, 2.75) is 45.1 Å². The number of aliphatic hydroxyl groups is 1. The van der Waals surface area contributed by atoms with E-state index in [-0.39, 0.29) is 0 Å². The van der Waals surface area contributed by atoms with Crippen molar-refractivity contribution in [3.8, 4) is 0 Å². The molecule has 2 rings (SSSR count). The molecule has 0 aromatic carbocycles. The number of thiazole rings is 1. The van der Waals surface area contributed by atoms with Crippen LogP contribution in [0.15, 0.2) is 10.1 Å². The average molecular weight is 290 g/mol. The minimum Gasteiger partial charge on any atom is -0.384 e. The molecular weight excluding hydrogens is 274 g/mol. The second kappa shape index (κ2) is 3.82. The molecule has 0 amide bonds. The SMILES string of the molecule is CC1(C)CCC(O)(c2scnc2Br)CC1. The second-order valence-corrected chi connectivity index (χ2v) is 6.77. The lowest BCUT2D eigenvalue weighted by Gasteiger charge is -2.39. The van der Waals surface area contributed by atoms with Gasteiger partial charge in [0.2, 0.25) is 0 Å². The van der Waals surface area contributed by atoms with Crippen molar-refractivity contribution in [2.75, 3.05) is 0 Å². The first-order valence-electron chi connectivity index (χ1n) is 5.25. The summed E-state index contributed by atoms with van der Waals surface area (Å²) >= 11 is 4.95. The second-order valence-electron chi connectivity index (χ2n) is 5.17. The quantitative estimate of drug-likeness (QED) is 0.855. The van der Waals surface area contributed by atoms with Gasteiger partial charge in [0.1, 0.15) is 10.2 Å². The molecule has 84 valence electrons. The van der Waals surface area contributed by atoms with Gasteiger partial charge in [0.25, 0.3) is 0 Å². The minimum absolute atomic E-state index is 0.378. The first-order valence-corrected chi connectivity index (χ1v) is 6.92. The standard InChI is InChI=1S/C11H16BrNOS/c1-10(2)3-5-11(14,6-4-10)8-9(12)13-7-15-8/h7,14H,3-6H2,1-2H3.